The maximum Gasteiger partial charge on any atom is 0.237 e. The van der Waals surface area contributed by atoms with E-state index in [1.165, 1.54) is 5.56 Å². The smallest absolute Gasteiger partial charge is 0.237 e. The van der Waals surface area contributed by atoms with Gasteiger partial charge in [-0.15, -0.1) is 0 Å². The number of rotatable bonds is 6. The van der Waals surface area contributed by atoms with Gasteiger partial charge in [0.1, 0.15) is 0 Å². The van der Waals surface area contributed by atoms with Gasteiger partial charge < -0.3 is 15.8 Å². The van der Waals surface area contributed by atoms with E-state index < -0.39 is 6.04 Å². The molecule has 2 unspecified atom stereocenters. The Kier molecular flexibility index (Phi) is 6.21. The second-order valence-electron chi connectivity index (χ2n) is 5.88. The molecule has 1 amide bonds. The number of ether oxygens (including phenoxy) is 1. The van der Waals surface area contributed by atoms with Gasteiger partial charge in [-0.25, -0.2) is 0 Å². The normalized spacial score (nSPS) is 19.0. The number of nitrogens with two attached hydrogens (primary N) is 1. The summed E-state index contributed by atoms with van der Waals surface area (Å²) in [6, 6.07) is 9.87. The van der Waals surface area contributed by atoms with Crippen molar-refractivity contribution in [2.24, 2.45) is 11.7 Å². The van der Waals surface area contributed by atoms with Crippen molar-refractivity contribution >= 4 is 5.91 Å². The molecule has 4 nitrogen and oxygen atoms in total. The lowest BCUT2D eigenvalue weighted by molar-refractivity contribution is -0.123. The van der Waals surface area contributed by atoms with Crippen LogP contribution in [-0.2, 0) is 16.0 Å². The SMILES string of the molecule is CC(NC(=O)C(N)CCc1ccccc1)C1CCOCC1. The number of hydrogen-bond acceptors (Lipinski definition) is 3. The predicted molar refractivity (Wildman–Crippen MR) is 83.9 cm³/mol. The highest BCUT2D eigenvalue weighted by Crippen LogP contribution is 2.18. The monoisotopic (exact) mass is 290 g/mol. The molecule has 1 saturated heterocycles. The van der Waals surface area contributed by atoms with Crippen molar-refractivity contribution in [3.05, 3.63) is 35.9 Å². The maximum absolute atomic E-state index is 12.1. The third-order valence-electron chi connectivity index (χ3n) is 4.27. The molecule has 21 heavy (non-hydrogen) atoms. The van der Waals surface area contributed by atoms with Gasteiger partial charge in [-0.05, 0) is 44.1 Å². The Hall–Kier alpha value is -1.39. The van der Waals surface area contributed by atoms with E-state index in [1.807, 2.05) is 18.2 Å². The average molecular weight is 290 g/mol. The van der Waals surface area contributed by atoms with Crippen LogP contribution >= 0.6 is 0 Å². The van der Waals surface area contributed by atoms with Crippen molar-refractivity contribution in [2.75, 3.05) is 13.2 Å². The fourth-order valence-electron chi connectivity index (χ4n) is 2.76. The summed E-state index contributed by atoms with van der Waals surface area (Å²) in [4.78, 5) is 12.1. The van der Waals surface area contributed by atoms with Crippen molar-refractivity contribution in [3.63, 3.8) is 0 Å². The van der Waals surface area contributed by atoms with Gasteiger partial charge in [0.05, 0.1) is 6.04 Å². The van der Waals surface area contributed by atoms with Crippen LogP contribution in [0.2, 0.25) is 0 Å². The summed E-state index contributed by atoms with van der Waals surface area (Å²) in [6.07, 6.45) is 3.54. The second-order valence-corrected chi connectivity index (χ2v) is 5.88. The maximum atomic E-state index is 12.1. The average Bonchev–Trinajstić information content (AvgIpc) is 2.54. The van der Waals surface area contributed by atoms with E-state index in [2.05, 4.69) is 24.4 Å². The first-order valence-corrected chi connectivity index (χ1v) is 7.84. The topological polar surface area (TPSA) is 64.4 Å². The molecule has 1 aromatic carbocycles. The Bertz CT molecular complexity index is 430. The zero-order valence-corrected chi connectivity index (χ0v) is 12.8. The third kappa shape index (κ3) is 5.14. The highest BCUT2D eigenvalue weighted by atomic mass is 16.5. The van der Waals surface area contributed by atoms with Crippen molar-refractivity contribution in [3.8, 4) is 0 Å². The largest absolute Gasteiger partial charge is 0.381 e. The van der Waals surface area contributed by atoms with E-state index in [0.717, 1.165) is 32.5 Å². The summed E-state index contributed by atoms with van der Waals surface area (Å²) in [5.41, 5.74) is 7.23. The fraction of sp³-hybridized carbons (Fsp3) is 0.588. The summed E-state index contributed by atoms with van der Waals surface area (Å²) in [5.74, 6) is 0.467. The van der Waals surface area contributed by atoms with E-state index in [-0.39, 0.29) is 11.9 Å². The van der Waals surface area contributed by atoms with E-state index in [4.69, 9.17) is 10.5 Å². The Morgan fingerprint density at radius 3 is 2.67 bits per heavy atom. The number of aryl methyl sites for hydroxylation is 1. The predicted octanol–water partition coefficient (Wildman–Crippen LogP) is 1.88. The number of carbonyl (C=O) groups is 1. The molecule has 0 radical (unpaired) electrons. The van der Waals surface area contributed by atoms with E-state index in [1.54, 1.807) is 0 Å². The molecule has 0 aromatic heterocycles. The van der Waals surface area contributed by atoms with Gasteiger partial charge in [-0.1, -0.05) is 30.3 Å². The van der Waals surface area contributed by atoms with Gasteiger partial charge in [0, 0.05) is 19.3 Å². The highest BCUT2D eigenvalue weighted by molar-refractivity contribution is 5.81. The lowest BCUT2D eigenvalue weighted by Crippen LogP contribution is -2.47. The van der Waals surface area contributed by atoms with Crippen LogP contribution in [0.4, 0.5) is 0 Å². The standard InChI is InChI=1S/C17H26N2O2/c1-13(15-9-11-21-12-10-15)19-17(20)16(18)8-7-14-5-3-2-4-6-14/h2-6,13,15-16H,7-12,18H2,1H3,(H,19,20). The number of nitrogens with one attached hydrogen (secondary N) is 1. The summed E-state index contributed by atoms with van der Waals surface area (Å²) in [5, 5.41) is 3.07. The van der Waals surface area contributed by atoms with Crippen LogP contribution in [0.3, 0.4) is 0 Å². The Balaban J connectivity index is 1.74. The molecule has 0 bridgehead atoms. The second kappa shape index (κ2) is 8.15. The van der Waals surface area contributed by atoms with Crippen LogP contribution in [0, 0.1) is 5.92 Å². The summed E-state index contributed by atoms with van der Waals surface area (Å²) in [7, 11) is 0. The molecule has 116 valence electrons. The molecule has 1 aromatic rings. The van der Waals surface area contributed by atoms with Crippen LogP contribution in [-0.4, -0.2) is 31.2 Å². The fourth-order valence-corrected chi connectivity index (χ4v) is 2.76. The van der Waals surface area contributed by atoms with E-state index >= 15 is 0 Å². The molecule has 2 rings (SSSR count). The summed E-state index contributed by atoms with van der Waals surface area (Å²) in [6.45, 7) is 3.66. The van der Waals surface area contributed by atoms with Crippen LogP contribution in [0.5, 0.6) is 0 Å². The van der Waals surface area contributed by atoms with Gasteiger partial charge in [-0.3, -0.25) is 4.79 Å². The molecule has 0 saturated carbocycles. The molecule has 3 N–H and O–H groups in total. The number of amides is 1. The molecule has 1 aliphatic rings. The minimum Gasteiger partial charge on any atom is -0.381 e. The van der Waals surface area contributed by atoms with Gasteiger partial charge in [0.25, 0.3) is 0 Å². The minimum atomic E-state index is -0.438. The van der Waals surface area contributed by atoms with E-state index in [9.17, 15) is 4.79 Å². The quantitative estimate of drug-likeness (QED) is 0.841. The third-order valence-corrected chi connectivity index (χ3v) is 4.27. The van der Waals surface area contributed by atoms with Crippen molar-refractivity contribution in [1.82, 2.24) is 5.32 Å². The van der Waals surface area contributed by atoms with Crippen molar-refractivity contribution in [1.29, 1.82) is 0 Å². The molecule has 0 aliphatic carbocycles. The summed E-state index contributed by atoms with van der Waals surface area (Å²) >= 11 is 0. The molecule has 1 fully saturated rings. The molecule has 1 aliphatic heterocycles. The highest BCUT2D eigenvalue weighted by Gasteiger charge is 2.23. The first-order valence-electron chi connectivity index (χ1n) is 7.84. The van der Waals surface area contributed by atoms with Crippen molar-refractivity contribution in [2.45, 2.75) is 44.7 Å². The van der Waals surface area contributed by atoms with Crippen LogP contribution in [0.1, 0.15) is 31.7 Å². The number of hydrogen-bond donors (Lipinski definition) is 2. The molecule has 0 spiro atoms. The Labute approximate surface area is 127 Å². The number of benzene rings is 1. The molecule has 4 heteroatoms. The van der Waals surface area contributed by atoms with Gasteiger partial charge in [0.2, 0.25) is 5.91 Å². The van der Waals surface area contributed by atoms with Gasteiger partial charge >= 0.3 is 0 Å². The molecule has 1 heterocycles. The lowest BCUT2D eigenvalue weighted by atomic mass is 9.92. The van der Waals surface area contributed by atoms with Crippen LogP contribution < -0.4 is 11.1 Å². The van der Waals surface area contributed by atoms with Gasteiger partial charge in [-0.2, -0.15) is 0 Å². The van der Waals surface area contributed by atoms with E-state index in [0.29, 0.717) is 12.3 Å². The summed E-state index contributed by atoms with van der Waals surface area (Å²) < 4.78 is 5.35. The first kappa shape index (κ1) is 16.0. The van der Waals surface area contributed by atoms with Gasteiger partial charge in [0.15, 0.2) is 0 Å². The lowest BCUT2D eigenvalue weighted by Gasteiger charge is -2.29. The molecular weight excluding hydrogens is 264 g/mol. The first-order chi connectivity index (χ1) is 10.2. The zero-order valence-electron chi connectivity index (χ0n) is 12.8. The molecular formula is C17H26N2O2. The van der Waals surface area contributed by atoms with Crippen molar-refractivity contribution < 1.29 is 9.53 Å². The van der Waals surface area contributed by atoms with Crippen LogP contribution in [0.15, 0.2) is 30.3 Å². The Morgan fingerprint density at radius 1 is 1.33 bits per heavy atom. The zero-order chi connectivity index (χ0) is 15.1. The Morgan fingerprint density at radius 2 is 2.00 bits per heavy atom. The molecule has 2 atom stereocenters. The minimum absolute atomic E-state index is 0.0371. The number of carbonyl (C=O) groups excluding carboxylic acids is 1. The van der Waals surface area contributed by atoms with Crippen LogP contribution in [0.25, 0.3) is 0 Å².